The molecule has 1 amide bonds. The Labute approximate surface area is 195 Å². The number of guanidine groups is 1. The summed E-state index contributed by atoms with van der Waals surface area (Å²) in [5, 5.41) is 6.83. The number of rotatable bonds is 9. The molecule has 0 aliphatic carbocycles. The van der Waals surface area contributed by atoms with Crippen LogP contribution in [0.2, 0.25) is 5.02 Å². The van der Waals surface area contributed by atoms with Gasteiger partial charge in [-0.3, -0.25) is 9.79 Å². The van der Waals surface area contributed by atoms with Crippen molar-refractivity contribution in [3.63, 3.8) is 0 Å². The highest BCUT2D eigenvalue weighted by atomic mass is 127. The molecular weight excluding hydrogens is 507 g/mol. The third kappa shape index (κ3) is 8.65. The highest BCUT2D eigenvalue weighted by Gasteiger charge is 2.24. The maximum Gasteiger partial charge on any atom is 0.226 e. The summed E-state index contributed by atoms with van der Waals surface area (Å²) < 4.78 is 10.6. The Kier molecular flexibility index (Phi) is 12.5. The zero-order valence-corrected chi connectivity index (χ0v) is 20.5. The van der Waals surface area contributed by atoms with Crippen LogP contribution in [0, 0.1) is 12.8 Å². The summed E-state index contributed by atoms with van der Waals surface area (Å²) in [7, 11) is 3.44. The molecule has 1 atom stereocenters. The van der Waals surface area contributed by atoms with Crippen LogP contribution in [0.25, 0.3) is 0 Å². The highest BCUT2D eigenvalue weighted by molar-refractivity contribution is 14.0. The number of hydrogen-bond acceptors (Lipinski definition) is 4. The number of halogens is 2. The van der Waals surface area contributed by atoms with E-state index >= 15 is 0 Å². The number of carbonyl (C=O) groups is 1. The van der Waals surface area contributed by atoms with Gasteiger partial charge in [0.05, 0.1) is 19.8 Å². The minimum Gasteiger partial charge on any atom is -0.382 e. The van der Waals surface area contributed by atoms with E-state index in [1.807, 2.05) is 25.1 Å². The van der Waals surface area contributed by atoms with Crippen molar-refractivity contribution in [2.45, 2.75) is 19.8 Å². The number of likely N-dealkylation sites (tertiary alicyclic amines) is 1. The molecule has 1 aromatic carbocycles. The van der Waals surface area contributed by atoms with Gasteiger partial charge in [-0.2, -0.15) is 0 Å². The van der Waals surface area contributed by atoms with Crippen molar-refractivity contribution >= 4 is 53.1 Å². The van der Waals surface area contributed by atoms with Gasteiger partial charge in [0.2, 0.25) is 5.91 Å². The second kappa shape index (κ2) is 14.0. The quantitative estimate of drug-likeness (QED) is 0.219. The fourth-order valence-electron chi connectivity index (χ4n) is 3.13. The van der Waals surface area contributed by atoms with Gasteiger partial charge in [0.1, 0.15) is 0 Å². The van der Waals surface area contributed by atoms with Crippen LogP contribution in [-0.2, 0) is 14.3 Å². The van der Waals surface area contributed by atoms with Crippen molar-refractivity contribution in [3.05, 3.63) is 28.8 Å². The Morgan fingerprint density at radius 1 is 1.38 bits per heavy atom. The fourth-order valence-corrected chi connectivity index (χ4v) is 3.30. The van der Waals surface area contributed by atoms with E-state index < -0.39 is 0 Å². The van der Waals surface area contributed by atoms with E-state index in [-0.39, 0.29) is 29.9 Å². The molecule has 1 aliphatic rings. The lowest BCUT2D eigenvalue weighted by Crippen LogP contribution is -2.41. The van der Waals surface area contributed by atoms with Crippen LogP contribution in [0.5, 0.6) is 0 Å². The topological polar surface area (TPSA) is 75.2 Å². The third-order valence-electron chi connectivity index (χ3n) is 4.76. The van der Waals surface area contributed by atoms with Crippen LogP contribution >= 0.6 is 35.6 Å². The van der Waals surface area contributed by atoms with Gasteiger partial charge in [-0.05, 0) is 31.0 Å². The monoisotopic (exact) mass is 538 g/mol. The minimum atomic E-state index is -0.0563. The molecule has 164 valence electrons. The first kappa shape index (κ1) is 25.9. The molecule has 1 aromatic rings. The predicted molar refractivity (Wildman–Crippen MR) is 129 cm³/mol. The number of amides is 1. The number of hydrogen-bond donors (Lipinski definition) is 2. The van der Waals surface area contributed by atoms with Crippen LogP contribution in [0.4, 0.5) is 5.69 Å². The second-order valence-electron chi connectivity index (χ2n) is 6.85. The Hall–Kier alpha value is -1.10. The average Bonchev–Trinajstić information content (AvgIpc) is 3.15. The van der Waals surface area contributed by atoms with Crippen molar-refractivity contribution in [1.82, 2.24) is 10.2 Å². The summed E-state index contributed by atoms with van der Waals surface area (Å²) in [5.41, 5.74) is 1.62. The van der Waals surface area contributed by atoms with E-state index in [2.05, 4.69) is 20.5 Å². The molecular formula is C20H32ClIN4O3. The lowest BCUT2D eigenvalue weighted by atomic mass is 10.1. The molecule has 0 spiro atoms. The largest absolute Gasteiger partial charge is 0.382 e. The summed E-state index contributed by atoms with van der Waals surface area (Å²) in [4.78, 5) is 18.8. The van der Waals surface area contributed by atoms with Crippen LogP contribution in [0.3, 0.4) is 0 Å². The SMILES string of the molecule is CN=C(NCCC(=O)Nc1cccc(Cl)c1C)N1CCC(COCCOC)C1.I. The van der Waals surface area contributed by atoms with Crippen LogP contribution in [-0.4, -0.2) is 70.4 Å². The normalized spacial score (nSPS) is 16.5. The molecule has 0 saturated carbocycles. The molecule has 7 nitrogen and oxygen atoms in total. The van der Waals surface area contributed by atoms with Gasteiger partial charge in [-0.15, -0.1) is 24.0 Å². The molecule has 1 aliphatic heterocycles. The van der Waals surface area contributed by atoms with E-state index in [9.17, 15) is 4.79 Å². The molecule has 0 radical (unpaired) electrons. The van der Waals surface area contributed by atoms with Gasteiger partial charge in [-0.25, -0.2) is 0 Å². The number of methoxy groups -OCH3 is 1. The molecule has 1 unspecified atom stereocenters. The van der Waals surface area contributed by atoms with Crippen LogP contribution < -0.4 is 10.6 Å². The first-order valence-corrected chi connectivity index (χ1v) is 10.00. The number of nitrogens with zero attached hydrogens (tertiary/aromatic N) is 2. The van der Waals surface area contributed by atoms with Gasteiger partial charge in [-0.1, -0.05) is 17.7 Å². The summed E-state index contributed by atoms with van der Waals surface area (Å²) in [5.74, 6) is 1.26. The summed E-state index contributed by atoms with van der Waals surface area (Å²) in [6.45, 7) is 6.23. The Morgan fingerprint density at radius 3 is 2.90 bits per heavy atom. The zero-order valence-electron chi connectivity index (χ0n) is 17.4. The van der Waals surface area contributed by atoms with Gasteiger partial charge in [0, 0.05) is 56.8 Å². The van der Waals surface area contributed by atoms with Crippen molar-refractivity contribution in [1.29, 1.82) is 0 Å². The maximum atomic E-state index is 12.2. The van der Waals surface area contributed by atoms with Gasteiger partial charge < -0.3 is 25.0 Å². The predicted octanol–water partition coefficient (Wildman–Crippen LogP) is 3.16. The first-order valence-electron chi connectivity index (χ1n) is 9.62. The minimum absolute atomic E-state index is 0. The first-order chi connectivity index (χ1) is 13.5. The van der Waals surface area contributed by atoms with Crippen molar-refractivity contribution in [2.24, 2.45) is 10.9 Å². The number of anilines is 1. The van der Waals surface area contributed by atoms with Crippen molar-refractivity contribution in [3.8, 4) is 0 Å². The smallest absolute Gasteiger partial charge is 0.226 e. The number of nitrogens with one attached hydrogen (secondary N) is 2. The van der Waals surface area contributed by atoms with E-state index in [0.717, 1.165) is 43.3 Å². The molecule has 9 heteroatoms. The summed E-state index contributed by atoms with van der Waals surface area (Å²) >= 11 is 6.09. The zero-order chi connectivity index (χ0) is 20.4. The highest BCUT2D eigenvalue weighted by Crippen LogP contribution is 2.23. The molecule has 1 fully saturated rings. The summed E-state index contributed by atoms with van der Waals surface area (Å²) in [6, 6.07) is 5.49. The molecule has 2 rings (SSSR count). The lowest BCUT2D eigenvalue weighted by Gasteiger charge is -2.21. The average molecular weight is 539 g/mol. The molecule has 1 heterocycles. The van der Waals surface area contributed by atoms with E-state index in [0.29, 0.717) is 37.1 Å². The number of aliphatic imine (C=N–C) groups is 1. The van der Waals surface area contributed by atoms with E-state index in [1.165, 1.54) is 0 Å². The summed E-state index contributed by atoms with van der Waals surface area (Å²) in [6.07, 6.45) is 1.42. The van der Waals surface area contributed by atoms with Crippen molar-refractivity contribution < 1.29 is 14.3 Å². The second-order valence-corrected chi connectivity index (χ2v) is 7.26. The van der Waals surface area contributed by atoms with Crippen molar-refractivity contribution in [2.75, 3.05) is 58.9 Å². The Morgan fingerprint density at radius 2 is 2.17 bits per heavy atom. The van der Waals surface area contributed by atoms with E-state index in [4.69, 9.17) is 21.1 Å². The Balaban J connectivity index is 0.00000420. The molecule has 29 heavy (non-hydrogen) atoms. The standard InChI is InChI=1S/C20H31ClN4O3.HI/c1-15-17(21)5-4-6-18(15)24-19(26)7-9-23-20(22-2)25-10-8-16(13-25)14-28-12-11-27-3;/h4-6,16H,7-14H2,1-3H3,(H,22,23)(H,24,26);1H. The molecule has 2 N–H and O–H groups in total. The van der Waals surface area contributed by atoms with Crippen LogP contribution in [0.15, 0.2) is 23.2 Å². The number of ether oxygens (including phenoxy) is 2. The van der Waals surface area contributed by atoms with E-state index in [1.54, 1.807) is 14.2 Å². The Bertz CT molecular complexity index is 675. The van der Waals surface area contributed by atoms with Gasteiger partial charge in [0.25, 0.3) is 0 Å². The molecule has 1 saturated heterocycles. The van der Waals surface area contributed by atoms with Crippen LogP contribution in [0.1, 0.15) is 18.4 Å². The fraction of sp³-hybridized carbons (Fsp3) is 0.600. The molecule has 0 bridgehead atoms. The lowest BCUT2D eigenvalue weighted by molar-refractivity contribution is -0.116. The number of carbonyl (C=O) groups excluding carboxylic acids is 1. The number of benzene rings is 1. The van der Waals surface area contributed by atoms with Gasteiger partial charge in [0.15, 0.2) is 5.96 Å². The third-order valence-corrected chi connectivity index (χ3v) is 5.17. The molecule has 0 aromatic heterocycles. The van der Waals surface area contributed by atoms with Gasteiger partial charge >= 0.3 is 0 Å². The maximum absolute atomic E-state index is 12.2.